The lowest BCUT2D eigenvalue weighted by molar-refractivity contribution is 0.102. The summed E-state index contributed by atoms with van der Waals surface area (Å²) in [7, 11) is 0. The van der Waals surface area contributed by atoms with Gasteiger partial charge in [0.05, 0.1) is 0 Å². The molecule has 0 spiro atoms. The molecule has 4 heteroatoms. The van der Waals surface area contributed by atoms with Gasteiger partial charge < -0.3 is 15.3 Å². The highest BCUT2D eigenvalue weighted by atomic mass is 16.3. The molecule has 2 aliphatic rings. The number of phenolic OH excluding ortho intramolecular Hbond substituents is 2. The fourth-order valence-electron chi connectivity index (χ4n) is 4.63. The molecule has 3 rings (SSSR count). The molecule has 0 amide bonds. The van der Waals surface area contributed by atoms with Crippen LogP contribution in [0.3, 0.4) is 0 Å². The molecule has 1 aromatic carbocycles. The number of hydrogen-bond acceptors (Lipinski definition) is 4. The third-order valence-corrected chi connectivity index (χ3v) is 6.00. The lowest BCUT2D eigenvalue weighted by Gasteiger charge is -2.48. The molecule has 2 atom stereocenters. The van der Waals surface area contributed by atoms with Crippen LogP contribution in [0, 0.1) is 5.41 Å². The number of fused-ring (bicyclic) bond motifs is 3. The summed E-state index contributed by atoms with van der Waals surface area (Å²) in [6.07, 6.45) is 4.57. The van der Waals surface area contributed by atoms with E-state index in [1.54, 1.807) is 19.1 Å². The summed E-state index contributed by atoms with van der Waals surface area (Å²) < 4.78 is 0. The van der Waals surface area contributed by atoms with Gasteiger partial charge in [-0.05, 0) is 30.4 Å². The van der Waals surface area contributed by atoms with Crippen molar-refractivity contribution >= 4 is 5.78 Å². The summed E-state index contributed by atoms with van der Waals surface area (Å²) >= 11 is 0. The van der Waals surface area contributed by atoms with E-state index >= 15 is 0 Å². The highest BCUT2D eigenvalue weighted by Crippen LogP contribution is 2.58. The summed E-state index contributed by atoms with van der Waals surface area (Å²) in [6.45, 7) is 7.91. The number of carbonyl (C=O) groups is 1. The number of hydrogen-bond donors (Lipinski definition) is 3. The van der Waals surface area contributed by atoms with Crippen molar-refractivity contribution in [3.63, 3.8) is 0 Å². The molecule has 1 aromatic rings. The number of phenols is 2. The molecular formula is C20H26O4. The standard InChI is InChI=1S/C20H26O4/c1-11(10-21)12-8-13-14(22)9-15-19(2,3)6-5-7-20(15,4)16(13)18(24)17(12)23/h8-9,11,21,23-24H,5-7,10H2,1-4H3/t11-,20-/m1/s1. The highest BCUT2D eigenvalue weighted by molar-refractivity contribution is 6.09. The smallest absolute Gasteiger partial charge is 0.186 e. The topological polar surface area (TPSA) is 77.8 Å². The zero-order valence-corrected chi connectivity index (χ0v) is 14.8. The third-order valence-electron chi connectivity index (χ3n) is 6.00. The highest BCUT2D eigenvalue weighted by Gasteiger charge is 2.48. The van der Waals surface area contributed by atoms with Gasteiger partial charge in [-0.1, -0.05) is 39.7 Å². The second-order valence-corrected chi connectivity index (χ2v) is 8.16. The molecule has 130 valence electrons. The predicted octanol–water partition coefficient (Wildman–Crippen LogP) is 3.78. The molecule has 24 heavy (non-hydrogen) atoms. The van der Waals surface area contributed by atoms with Crippen LogP contribution in [-0.2, 0) is 5.41 Å². The Morgan fingerprint density at radius 2 is 1.83 bits per heavy atom. The number of allylic oxidation sites excluding steroid dienone is 2. The largest absolute Gasteiger partial charge is 0.504 e. The van der Waals surface area contributed by atoms with Gasteiger partial charge in [0, 0.05) is 34.6 Å². The Bertz CT molecular complexity index is 744. The van der Waals surface area contributed by atoms with E-state index in [2.05, 4.69) is 20.8 Å². The van der Waals surface area contributed by atoms with Gasteiger partial charge >= 0.3 is 0 Å². The van der Waals surface area contributed by atoms with Crippen LogP contribution in [0.2, 0.25) is 0 Å². The van der Waals surface area contributed by atoms with Gasteiger partial charge in [-0.3, -0.25) is 4.79 Å². The Morgan fingerprint density at radius 3 is 2.46 bits per heavy atom. The van der Waals surface area contributed by atoms with Crippen LogP contribution in [0.15, 0.2) is 17.7 Å². The Hall–Kier alpha value is -1.81. The van der Waals surface area contributed by atoms with Crippen LogP contribution in [0.25, 0.3) is 0 Å². The molecule has 0 aliphatic heterocycles. The molecule has 3 N–H and O–H groups in total. The Morgan fingerprint density at radius 1 is 1.17 bits per heavy atom. The van der Waals surface area contributed by atoms with Gasteiger partial charge in [0.15, 0.2) is 17.3 Å². The van der Waals surface area contributed by atoms with Gasteiger partial charge in [-0.25, -0.2) is 0 Å². The average Bonchev–Trinajstić information content (AvgIpc) is 2.51. The number of aliphatic hydroxyl groups excluding tert-OH is 1. The second-order valence-electron chi connectivity index (χ2n) is 8.16. The van der Waals surface area contributed by atoms with Crippen LogP contribution in [0.1, 0.15) is 74.4 Å². The van der Waals surface area contributed by atoms with E-state index in [0.717, 1.165) is 24.8 Å². The van der Waals surface area contributed by atoms with Gasteiger partial charge in [-0.2, -0.15) is 0 Å². The Labute approximate surface area is 142 Å². The fourth-order valence-corrected chi connectivity index (χ4v) is 4.63. The first-order chi connectivity index (χ1) is 11.1. The van der Waals surface area contributed by atoms with Gasteiger partial charge in [0.1, 0.15) is 0 Å². The molecule has 0 radical (unpaired) electrons. The summed E-state index contributed by atoms with van der Waals surface area (Å²) in [5.74, 6) is -0.903. The monoisotopic (exact) mass is 330 g/mol. The first kappa shape index (κ1) is 17.0. The minimum absolute atomic E-state index is 0.112. The predicted molar refractivity (Wildman–Crippen MR) is 92.7 cm³/mol. The van der Waals surface area contributed by atoms with E-state index in [9.17, 15) is 20.1 Å². The minimum atomic E-state index is -0.451. The van der Waals surface area contributed by atoms with Crippen molar-refractivity contribution in [3.8, 4) is 11.5 Å². The van der Waals surface area contributed by atoms with Crippen molar-refractivity contribution in [2.75, 3.05) is 6.61 Å². The number of benzene rings is 1. The van der Waals surface area contributed by atoms with E-state index in [-0.39, 0.29) is 35.2 Å². The summed E-state index contributed by atoms with van der Waals surface area (Å²) in [4.78, 5) is 12.8. The maximum atomic E-state index is 12.8. The van der Waals surface area contributed by atoms with Gasteiger partial charge in [0.2, 0.25) is 0 Å². The van der Waals surface area contributed by atoms with E-state index < -0.39 is 5.41 Å². The SMILES string of the molecule is C[C@H](CO)c1cc2c(c(O)c1O)[C@]1(C)CCCC(C)(C)C1=CC2=O. The van der Waals surface area contributed by atoms with Crippen molar-refractivity contribution in [1.29, 1.82) is 0 Å². The molecule has 0 saturated heterocycles. The van der Waals surface area contributed by atoms with Crippen LogP contribution in [0.5, 0.6) is 11.5 Å². The van der Waals surface area contributed by atoms with Gasteiger partial charge in [0.25, 0.3) is 0 Å². The maximum Gasteiger partial charge on any atom is 0.186 e. The van der Waals surface area contributed by atoms with E-state index in [1.807, 2.05) is 0 Å². The summed E-state index contributed by atoms with van der Waals surface area (Å²) in [5, 5.41) is 30.6. The zero-order chi connectivity index (χ0) is 17.9. The van der Waals surface area contributed by atoms with Crippen LogP contribution in [-0.4, -0.2) is 27.7 Å². The van der Waals surface area contributed by atoms with Crippen LogP contribution < -0.4 is 0 Å². The lowest BCUT2D eigenvalue weighted by Crippen LogP contribution is -2.41. The molecule has 1 saturated carbocycles. The first-order valence-electron chi connectivity index (χ1n) is 8.60. The molecule has 1 fully saturated rings. The van der Waals surface area contributed by atoms with Crippen molar-refractivity contribution in [3.05, 3.63) is 34.4 Å². The second kappa shape index (κ2) is 5.35. The molecule has 0 heterocycles. The van der Waals surface area contributed by atoms with Crippen molar-refractivity contribution < 1.29 is 20.1 Å². The van der Waals surface area contributed by atoms with Crippen LogP contribution in [0.4, 0.5) is 0 Å². The van der Waals surface area contributed by atoms with Crippen molar-refractivity contribution in [2.45, 2.75) is 58.3 Å². The Balaban J connectivity index is 2.30. The maximum absolute atomic E-state index is 12.8. The number of rotatable bonds is 2. The molecule has 0 bridgehead atoms. The average molecular weight is 330 g/mol. The normalized spacial score (nSPS) is 26.4. The fraction of sp³-hybridized carbons (Fsp3) is 0.550. The number of aliphatic hydroxyl groups is 1. The lowest BCUT2D eigenvalue weighted by atomic mass is 9.55. The zero-order valence-electron chi connectivity index (χ0n) is 14.8. The quantitative estimate of drug-likeness (QED) is 0.721. The third kappa shape index (κ3) is 2.20. The summed E-state index contributed by atoms with van der Waals surface area (Å²) in [6, 6.07) is 1.65. The van der Waals surface area contributed by atoms with Crippen LogP contribution >= 0.6 is 0 Å². The van der Waals surface area contributed by atoms with Gasteiger partial charge in [-0.15, -0.1) is 0 Å². The molecule has 0 unspecified atom stereocenters. The number of carbonyl (C=O) groups excluding carboxylic acids is 1. The van der Waals surface area contributed by atoms with E-state index in [1.165, 1.54) is 0 Å². The molecule has 4 nitrogen and oxygen atoms in total. The van der Waals surface area contributed by atoms with Crippen molar-refractivity contribution in [1.82, 2.24) is 0 Å². The summed E-state index contributed by atoms with van der Waals surface area (Å²) in [5.41, 5.74) is 1.88. The Kier molecular flexibility index (Phi) is 3.79. The van der Waals surface area contributed by atoms with E-state index in [4.69, 9.17) is 0 Å². The number of aromatic hydroxyl groups is 2. The van der Waals surface area contributed by atoms with Crippen molar-refractivity contribution in [2.24, 2.45) is 5.41 Å². The number of ketones is 1. The molecule has 2 aliphatic carbocycles. The minimum Gasteiger partial charge on any atom is -0.504 e. The molecular weight excluding hydrogens is 304 g/mol. The molecule has 0 aromatic heterocycles. The van der Waals surface area contributed by atoms with E-state index in [0.29, 0.717) is 16.7 Å². The first-order valence-corrected chi connectivity index (χ1v) is 8.60.